The maximum Gasteiger partial charge on any atom is 0.410 e. The van der Waals surface area contributed by atoms with Crippen LogP contribution < -0.4 is 5.32 Å². The second-order valence-corrected chi connectivity index (χ2v) is 8.24. The van der Waals surface area contributed by atoms with Gasteiger partial charge in [0, 0.05) is 25.2 Å². The minimum Gasteiger partial charge on any atom is -0.464 e. The van der Waals surface area contributed by atoms with E-state index in [9.17, 15) is 4.79 Å². The van der Waals surface area contributed by atoms with Crippen LogP contribution in [0.25, 0.3) is 11.3 Å². The van der Waals surface area contributed by atoms with Crippen molar-refractivity contribution in [2.24, 2.45) is 5.92 Å². The quantitative estimate of drug-likeness (QED) is 0.830. The molecule has 1 aliphatic rings. The van der Waals surface area contributed by atoms with Gasteiger partial charge >= 0.3 is 6.09 Å². The zero-order valence-corrected chi connectivity index (χ0v) is 16.5. The summed E-state index contributed by atoms with van der Waals surface area (Å²) in [6, 6.07) is 12.3. The van der Waals surface area contributed by atoms with Gasteiger partial charge in [0.25, 0.3) is 0 Å². The summed E-state index contributed by atoms with van der Waals surface area (Å²) in [5.74, 6) is 1.35. The minimum atomic E-state index is -0.440. The molecule has 1 atom stereocenters. The van der Waals surface area contributed by atoms with Gasteiger partial charge in [0.2, 0.25) is 0 Å². The number of furan rings is 1. The molecule has 5 heteroatoms. The topological polar surface area (TPSA) is 54.7 Å². The molecule has 0 aliphatic carbocycles. The lowest BCUT2D eigenvalue weighted by atomic mass is 9.98. The summed E-state index contributed by atoms with van der Waals surface area (Å²) >= 11 is 0. The molecule has 1 saturated heterocycles. The number of benzene rings is 1. The Bertz CT molecular complexity index is 717. The van der Waals surface area contributed by atoms with Crippen LogP contribution in [0.2, 0.25) is 0 Å². The first kappa shape index (κ1) is 19.5. The Morgan fingerprint density at radius 2 is 2.04 bits per heavy atom. The van der Waals surface area contributed by atoms with Crippen molar-refractivity contribution >= 4 is 6.09 Å². The van der Waals surface area contributed by atoms with Gasteiger partial charge in [0.05, 0.1) is 6.26 Å². The second-order valence-electron chi connectivity index (χ2n) is 8.24. The molecule has 5 nitrogen and oxygen atoms in total. The number of nitrogens with zero attached hydrogens (tertiary/aromatic N) is 1. The fourth-order valence-electron chi connectivity index (χ4n) is 3.37. The van der Waals surface area contributed by atoms with Crippen molar-refractivity contribution in [2.45, 2.75) is 45.8 Å². The molecule has 0 radical (unpaired) electrons. The predicted octanol–water partition coefficient (Wildman–Crippen LogP) is 4.68. The third-order valence-corrected chi connectivity index (χ3v) is 4.69. The van der Waals surface area contributed by atoms with E-state index in [-0.39, 0.29) is 6.09 Å². The van der Waals surface area contributed by atoms with Gasteiger partial charge in [0.1, 0.15) is 11.4 Å². The highest BCUT2D eigenvalue weighted by Crippen LogP contribution is 2.21. The van der Waals surface area contributed by atoms with E-state index in [2.05, 4.69) is 29.6 Å². The molecule has 1 amide bonds. The van der Waals surface area contributed by atoms with Gasteiger partial charge in [-0.3, -0.25) is 0 Å². The van der Waals surface area contributed by atoms with Crippen molar-refractivity contribution in [3.05, 3.63) is 48.2 Å². The van der Waals surface area contributed by atoms with E-state index < -0.39 is 5.60 Å². The van der Waals surface area contributed by atoms with Gasteiger partial charge in [0.15, 0.2) is 0 Å². The maximum atomic E-state index is 12.3. The number of carbonyl (C=O) groups excluding carboxylic acids is 1. The van der Waals surface area contributed by atoms with Crippen LogP contribution in [0.5, 0.6) is 0 Å². The molecule has 0 spiro atoms. The maximum absolute atomic E-state index is 12.3. The first-order chi connectivity index (χ1) is 12.9. The molecular formula is C22H30N2O3. The van der Waals surface area contributed by atoms with Crippen LogP contribution >= 0.6 is 0 Å². The van der Waals surface area contributed by atoms with E-state index in [1.807, 2.05) is 37.8 Å². The first-order valence-corrected chi connectivity index (χ1v) is 9.72. The van der Waals surface area contributed by atoms with Crippen molar-refractivity contribution in [3.8, 4) is 11.3 Å². The second kappa shape index (κ2) is 8.61. The lowest BCUT2D eigenvalue weighted by molar-refractivity contribution is 0.0166. The molecule has 2 aromatic rings. The van der Waals surface area contributed by atoms with Crippen LogP contribution in [0.1, 0.15) is 39.2 Å². The van der Waals surface area contributed by atoms with E-state index in [0.29, 0.717) is 5.92 Å². The van der Waals surface area contributed by atoms with E-state index >= 15 is 0 Å². The van der Waals surface area contributed by atoms with E-state index in [1.54, 1.807) is 6.26 Å². The third kappa shape index (κ3) is 5.86. The molecule has 1 aromatic heterocycles. The van der Waals surface area contributed by atoms with Crippen molar-refractivity contribution in [3.63, 3.8) is 0 Å². The van der Waals surface area contributed by atoms with Crippen LogP contribution in [0.4, 0.5) is 4.79 Å². The molecule has 1 aromatic carbocycles. The Morgan fingerprint density at radius 1 is 1.26 bits per heavy atom. The smallest absolute Gasteiger partial charge is 0.410 e. The monoisotopic (exact) mass is 370 g/mol. The number of hydrogen-bond acceptors (Lipinski definition) is 4. The molecule has 1 N–H and O–H groups in total. The number of hydrogen-bond donors (Lipinski definition) is 1. The fourth-order valence-corrected chi connectivity index (χ4v) is 3.37. The number of piperidine rings is 1. The fraction of sp³-hybridized carbons (Fsp3) is 0.500. The number of carbonyl (C=O) groups is 1. The van der Waals surface area contributed by atoms with E-state index in [1.165, 1.54) is 5.56 Å². The van der Waals surface area contributed by atoms with Crippen molar-refractivity contribution in [1.82, 2.24) is 10.2 Å². The molecular weight excluding hydrogens is 340 g/mol. The molecule has 1 fully saturated rings. The van der Waals surface area contributed by atoms with Gasteiger partial charge in [-0.15, -0.1) is 0 Å². The van der Waals surface area contributed by atoms with Crippen LogP contribution in [0, 0.1) is 5.92 Å². The van der Waals surface area contributed by atoms with Crippen LogP contribution in [-0.4, -0.2) is 36.2 Å². The first-order valence-electron chi connectivity index (χ1n) is 9.72. The Kier molecular flexibility index (Phi) is 6.22. The summed E-state index contributed by atoms with van der Waals surface area (Å²) in [6.07, 6.45) is 3.67. The van der Waals surface area contributed by atoms with Gasteiger partial charge in [-0.2, -0.15) is 0 Å². The average Bonchev–Trinajstić information content (AvgIpc) is 3.16. The van der Waals surface area contributed by atoms with Crippen molar-refractivity contribution in [1.29, 1.82) is 0 Å². The van der Waals surface area contributed by atoms with Gasteiger partial charge < -0.3 is 19.4 Å². The highest BCUT2D eigenvalue weighted by atomic mass is 16.6. The summed E-state index contributed by atoms with van der Waals surface area (Å²) in [5.41, 5.74) is 1.89. The Hall–Kier alpha value is -2.27. The lowest BCUT2D eigenvalue weighted by Gasteiger charge is -2.34. The highest BCUT2D eigenvalue weighted by Gasteiger charge is 2.27. The standard InChI is InChI=1S/C22H30N2O3/c1-22(2,3)27-21(25)24-12-4-6-18(16-24)15-23-14-17-8-10-19(11-9-17)20-7-5-13-26-20/h5,7-11,13,18,23H,4,6,12,14-16H2,1-3H3. The molecule has 0 bridgehead atoms. The van der Waals surface area contributed by atoms with Crippen LogP contribution in [-0.2, 0) is 11.3 Å². The Balaban J connectivity index is 1.44. The Labute approximate surface area is 161 Å². The lowest BCUT2D eigenvalue weighted by Crippen LogP contribution is -2.44. The van der Waals surface area contributed by atoms with E-state index in [0.717, 1.165) is 50.3 Å². The average molecular weight is 370 g/mol. The van der Waals surface area contributed by atoms with Crippen molar-refractivity contribution in [2.75, 3.05) is 19.6 Å². The molecule has 27 heavy (non-hydrogen) atoms. The summed E-state index contributed by atoms with van der Waals surface area (Å²) in [5, 5.41) is 3.53. The summed E-state index contributed by atoms with van der Waals surface area (Å²) < 4.78 is 10.9. The molecule has 0 saturated carbocycles. The summed E-state index contributed by atoms with van der Waals surface area (Å²) in [4.78, 5) is 14.1. The predicted molar refractivity (Wildman–Crippen MR) is 106 cm³/mol. The van der Waals surface area contributed by atoms with E-state index in [4.69, 9.17) is 9.15 Å². The SMILES string of the molecule is CC(C)(C)OC(=O)N1CCCC(CNCc2ccc(-c3ccco3)cc2)C1. The number of nitrogens with one attached hydrogen (secondary N) is 1. The number of likely N-dealkylation sites (tertiary alicyclic amines) is 1. The summed E-state index contributed by atoms with van der Waals surface area (Å²) in [7, 11) is 0. The third-order valence-electron chi connectivity index (χ3n) is 4.69. The Morgan fingerprint density at radius 3 is 2.70 bits per heavy atom. The zero-order chi connectivity index (χ0) is 19.3. The molecule has 2 heterocycles. The summed E-state index contributed by atoms with van der Waals surface area (Å²) in [6.45, 7) is 9.00. The minimum absolute atomic E-state index is 0.194. The van der Waals surface area contributed by atoms with Crippen LogP contribution in [0.15, 0.2) is 47.1 Å². The highest BCUT2D eigenvalue weighted by molar-refractivity contribution is 5.68. The molecule has 3 rings (SSSR count). The number of ether oxygens (including phenoxy) is 1. The van der Waals surface area contributed by atoms with Gasteiger partial charge in [-0.25, -0.2) is 4.79 Å². The van der Waals surface area contributed by atoms with Crippen molar-refractivity contribution < 1.29 is 13.9 Å². The normalized spacial score (nSPS) is 17.7. The van der Waals surface area contributed by atoms with Gasteiger partial charge in [-0.1, -0.05) is 24.3 Å². The number of rotatable bonds is 5. The molecule has 1 aliphatic heterocycles. The largest absolute Gasteiger partial charge is 0.464 e. The van der Waals surface area contributed by atoms with Gasteiger partial charge in [-0.05, 0) is 63.8 Å². The molecule has 1 unspecified atom stereocenters. The zero-order valence-electron chi connectivity index (χ0n) is 16.5. The molecule has 146 valence electrons. The number of amides is 1. The van der Waals surface area contributed by atoms with Crippen LogP contribution in [0.3, 0.4) is 0 Å².